The molecule has 0 amide bonds. The number of benzene rings is 2. The summed E-state index contributed by atoms with van der Waals surface area (Å²) in [5.74, 6) is 1.32. The first kappa shape index (κ1) is 24.9. The van der Waals surface area contributed by atoms with Crippen molar-refractivity contribution < 1.29 is 25.8 Å². The van der Waals surface area contributed by atoms with Crippen LogP contribution in [0.15, 0.2) is 79.3 Å². The number of hydrogen-bond donors (Lipinski definition) is 0. The number of aromatic nitrogens is 3. The predicted molar refractivity (Wildman–Crippen MR) is 127 cm³/mol. The summed E-state index contributed by atoms with van der Waals surface area (Å²) in [6.45, 7) is 4.47. The van der Waals surface area contributed by atoms with Crippen LogP contribution in [0.5, 0.6) is 11.5 Å². The average Bonchev–Trinajstić information content (AvgIpc) is 3.38. The minimum absolute atomic E-state index is 0. The second kappa shape index (κ2) is 11.9. The number of unbranched alkanes of at least 4 members (excludes halogenated alkanes) is 1. The number of rotatable bonds is 10. The maximum Gasteiger partial charge on any atom is 2.00 e. The second-order valence-corrected chi connectivity index (χ2v) is 8.03. The molecule has 172 valence electrons. The van der Waals surface area contributed by atoms with Gasteiger partial charge >= 0.3 is 21.1 Å². The zero-order valence-electron chi connectivity index (χ0n) is 19.1. The Bertz CT molecular complexity index is 1110. The Morgan fingerprint density at radius 3 is 2.36 bits per heavy atom. The fraction of sp³-hybridized carbons (Fsp3) is 0.286. The molecular formula is C28H29N3OPt. The molecular weight excluding hydrogens is 589 g/mol. The molecule has 0 saturated carbocycles. The van der Waals surface area contributed by atoms with Gasteiger partial charge in [-0.25, -0.2) is 0 Å². The average molecular weight is 619 g/mol. The number of pyridine rings is 1. The summed E-state index contributed by atoms with van der Waals surface area (Å²) < 4.78 is 7.97. The van der Waals surface area contributed by atoms with E-state index >= 15 is 0 Å². The molecule has 0 spiro atoms. The normalized spacial score (nSPS) is 12.5. The number of hydrogen-bond acceptors (Lipinski definition) is 3. The molecule has 2 heterocycles. The molecule has 0 radical (unpaired) electrons. The van der Waals surface area contributed by atoms with Crippen molar-refractivity contribution in [2.75, 3.05) is 0 Å². The first-order valence-electron chi connectivity index (χ1n) is 11.4. The third kappa shape index (κ3) is 5.81. The van der Waals surface area contributed by atoms with E-state index in [0.29, 0.717) is 11.5 Å². The van der Waals surface area contributed by atoms with E-state index in [1.54, 1.807) is 10.9 Å². The molecule has 4 nitrogen and oxygen atoms in total. The molecule has 4 aromatic rings. The van der Waals surface area contributed by atoms with Gasteiger partial charge in [0.15, 0.2) is 0 Å². The molecule has 0 aliphatic carbocycles. The molecule has 1 unspecified atom stereocenters. The van der Waals surface area contributed by atoms with E-state index in [1.807, 2.05) is 48.8 Å². The molecule has 1 atom stereocenters. The van der Waals surface area contributed by atoms with Crippen molar-refractivity contribution in [3.8, 4) is 17.2 Å². The molecule has 2 aromatic heterocycles. The fourth-order valence-corrected chi connectivity index (χ4v) is 4.29. The van der Waals surface area contributed by atoms with Crippen LogP contribution in [0.25, 0.3) is 5.69 Å². The molecule has 33 heavy (non-hydrogen) atoms. The molecule has 0 aliphatic rings. The van der Waals surface area contributed by atoms with Crippen LogP contribution < -0.4 is 4.74 Å². The standard InChI is InChI=1S/C28H29N3O.Pt/c1-3-5-17-28(16-4-2,27-15-6-7-18-29-27)23-11-8-13-25(21-23)32-26-14-9-12-24(22-26)31-20-10-19-30-31;/h6-15,18-20H,3-5,16-17H2,1-2H3;/q-2;+2. The van der Waals surface area contributed by atoms with Crippen LogP contribution in [-0.4, -0.2) is 14.8 Å². The first-order chi connectivity index (χ1) is 15.7. The molecule has 0 bridgehead atoms. The van der Waals surface area contributed by atoms with Crippen molar-refractivity contribution in [3.05, 3.63) is 103 Å². The van der Waals surface area contributed by atoms with Gasteiger partial charge in [0, 0.05) is 41.2 Å². The Morgan fingerprint density at radius 2 is 1.67 bits per heavy atom. The molecule has 0 N–H and O–H groups in total. The predicted octanol–water partition coefficient (Wildman–Crippen LogP) is 6.93. The molecule has 4 rings (SSSR count). The summed E-state index contributed by atoms with van der Waals surface area (Å²) >= 11 is 0. The molecule has 0 aliphatic heterocycles. The Morgan fingerprint density at radius 1 is 0.848 bits per heavy atom. The largest absolute Gasteiger partial charge is 2.00 e. The summed E-state index contributed by atoms with van der Waals surface area (Å²) in [6.07, 6.45) is 10.9. The van der Waals surface area contributed by atoms with Crippen LogP contribution in [0.3, 0.4) is 0 Å². The van der Waals surface area contributed by atoms with Gasteiger partial charge in [-0.15, -0.1) is 35.9 Å². The minimum Gasteiger partial charge on any atom is -0.509 e. The van der Waals surface area contributed by atoms with Gasteiger partial charge in [-0.3, -0.25) is 9.67 Å². The first-order valence-corrected chi connectivity index (χ1v) is 11.4. The Balaban J connectivity index is 0.00000306. The van der Waals surface area contributed by atoms with E-state index in [1.165, 1.54) is 0 Å². The van der Waals surface area contributed by atoms with Gasteiger partial charge in [-0.1, -0.05) is 39.2 Å². The van der Waals surface area contributed by atoms with Crippen molar-refractivity contribution in [1.82, 2.24) is 14.8 Å². The van der Waals surface area contributed by atoms with Crippen molar-refractivity contribution in [2.24, 2.45) is 0 Å². The molecule has 0 fully saturated rings. The number of nitrogens with zero attached hydrogens (tertiary/aromatic N) is 3. The maximum atomic E-state index is 6.20. The van der Waals surface area contributed by atoms with Crippen LogP contribution in [-0.2, 0) is 26.5 Å². The van der Waals surface area contributed by atoms with E-state index in [2.05, 4.69) is 55.3 Å². The third-order valence-electron chi connectivity index (χ3n) is 5.80. The number of ether oxygens (including phenoxy) is 1. The van der Waals surface area contributed by atoms with Crippen LogP contribution in [0, 0.1) is 12.1 Å². The topological polar surface area (TPSA) is 39.9 Å². The summed E-state index contributed by atoms with van der Waals surface area (Å²) in [5.41, 5.74) is 2.90. The third-order valence-corrected chi connectivity index (χ3v) is 5.80. The second-order valence-electron chi connectivity index (χ2n) is 8.03. The van der Waals surface area contributed by atoms with E-state index in [4.69, 9.17) is 9.72 Å². The van der Waals surface area contributed by atoms with Crippen molar-refractivity contribution in [2.45, 2.75) is 51.4 Å². The van der Waals surface area contributed by atoms with Crippen LogP contribution in [0.4, 0.5) is 0 Å². The quantitative estimate of drug-likeness (QED) is 0.181. The summed E-state index contributed by atoms with van der Waals surface area (Å²) in [7, 11) is 0. The Kier molecular flexibility index (Phi) is 9.02. The van der Waals surface area contributed by atoms with Gasteiger partial charge in [0.2, 0.25) is 0 Å². The summed E-state index contributed by atoms with van der Waals surface area (Å²) in [5, 5.41) is 4.28. The van der Waals surface area contributed by atoms with Gasteiger partial charge in [-0.05, 0) is 36.7 Å². The fourth-order valence-electron chi connectivity index (χ4n) is 4.29. The Hall–Kier alpha value is -2.71. The molecule has 2 aromatic carbocycles. The van der Waals surface area contributed by atoms with Crippen molar-refractivity contribution in [3.63, 3.8) is 0 Å². The minimum atomic E-state index is -0.175. The SMILES string of the molecule is CCCCC(CCC)(c1[c-]c(Oc2[c-]c(-n3cccn3)ccc2)ccc1)c1ccccn1.[Pt+2]. The van der Waals surface area contributed by atoms with Gasteiger partial charge in [0.1, 0.15) is 0 Å². The smallest absolute Gasteiger partial charge is 0.509 e. The zero-order chi connectivity index (χ0) is 22.2. The molecule has 5 heteroatoms. The van der Waals surface area contributed by atoms with E-state index < -0.39 is 0 Å². The molecule has 0 saturated heterocycles. The van der Waals surface area contributed by atoms with Crippen molar-refractivity contribution >= 4 is 0 Å². The van der Waals surface area contributed by atoms with Gasteiger partial charge in [0.05, 0.1) is 0 Å². The summed E-state index contributed by atoms with van der Waals surface area (Å²) in [6, 6.07) is 26.9. The van der Waals surface area contributed by atoms with E-state index in [9.17, 15) is 0 Å². The van der Waals surface area contributed by atoms with Gasteiger partial charge in [-0.2, -0.15) is 23.3 Å². The van der Waals surface area contributed by atoms with Crippen LogP contribution >= 0.6 is 0 Å². The maximum absolute atomic E-state index is 6.20. The zero-order valence-corrected chi connectivity index (χ0v) is 21.4. The van der Waals surface area contributed by atoms with Gasteiger partial charge in [0.25, 0.3) is 0 Å². The van der Waals surface area contributed by atoms with E-state index in [-0.39, 0.29) is 26.5 Å². The van der Waals surface area contributed by atoms with Crippen LogP contribution in [0.1, 0.15) is 57.2 Å². The summed E-state index contributed by atoms with van der Waals surface area (Å²) in [4.78, 5) is 4.78. The van der Waals surface area contributed by atoms with E-state index in [0.717, 1.165) is 49.0 Å². The monoisotopic (exact) mass is 618 g/mol. The Labute approximate surface area is 211 Å². The van der Waals surface area contributed by atoms with Crippen LogP contribution in [0.2, 0.25) is 0 Å². The van der Waals surface area contributed by atoms with Gasteiger partial charge < -0.3 is 4.74 Å². The van der Waals surface area contributed by atoms with Crippen molar-refractivity contribution in [1.29, 1.82) is 0 Å².